The van der Waals surface area contributed by atoms with E-state index in [4.69, 9.17) is 0 Å². The molecule has 14 heavy (non-hydrogen) atoms. The Balaban J connectivity index is 0.000000980. The number of ether oxygens (including phenoxy) is 1. The smallest absolute Gasteiger partial charge is 0.376 e. The van der Waals surface area contributed by atoms with E-state index in [-0.39, 0.29) is 18.2 Å². The highest BCUT2D eigenvalue weighted by Gasteiger charge is 2.16. The molecule has 1 aromatic rings. The molecule has 1 N–H and O–H groups in total. The summed E-state index contributed by atoms with van der Waals surface area (Å²) in [4.78, 5) is 19.0. The summed E-state index contributed by atoms with van der Waals surface area (Å²) in [6, 6.07) is 0. The Morgan fingerprint density at radius 1 is 1.57 bits per heavy atom. The molecular weight excluding hydrogens is 206 g/mol. The quantitative estimate of drug-likeness (QED) is 0.683. The van der Waals surface area contributed by atoms with Crippen LogP contribution in [-0.2, 0) is 17.8 Å². The van der Waals surface area contributed by atoms with E-state index >= 15 is 0 Å². The second kappa shape index (κ2) is 4.34. The van der Waals surface area contributed by atoms with Crippen LogP contribution >= 0.6 is 12.4 Å². The highest BCUT2D eigenvalue weighted by Crippen LogP contribution is 2.11. The lowest BCUT2D eigenvalue weighted by Gasteiger charge is -1.99. The molecule has 1 aliphatic heterocycles. The molecule has 5 nitrogen and oxygen atoms in total. The normalized spacial score (nSPS) is 12.9. The highest BCUT2D eigenvalue weighted by molar-refractivity contribution is 5.85. The molecule has 76 valence electrons. The van der Waals surface area contributed by atoms with Gasteiger partial charge < -0.3 is 10.1 Å². The lowest BCUT2D eigenvalue weighted by atomic mass is 10.3. The first kappa shape index (κ1) is 10.9. The molecular formula is C8H10ClN3O2. The molecule has 1 aliphatic rings. The van der Waals surface area contributed by atoms with Crippen molar-refractivity contribution in [2.24, 2.45) is 0 Å². The van der Waals surface area contributed by atoms with E-state index in [0.717, 1.165) is 17.8 Å². The molecule has 6 heteroatoms. The molecule has 0 amide bonds. The Morgan fingerprint density at radius 2 is 2.36 bits per heavy atom. The van der Waals surface area contributed by atoms with Gasteiger partial charge in [-0.15, -0.1) is 12.4 Å². The fraction of sp³-hybridized carbons (Fsp3) is 0.375. The largest absolute Gasteiger partial charge is 0.463 e. The van der Waals surface area contributed by atoms with Crippen LogP contribution < -0.4 is 5.32 Å². The van der Waals surface area contributed by atoms with E-state index in [1.807, 2.05) is 0 Å². The first-order valence-electron chi connectivity index (χ1n) is 3.95. The average molecular weight is 216 g/mol. The number of hydrogen-bond acceptors (Lipinski definition) is 5. The Hall–Kier alpha value is -1.20. The molecule has 0 saturated carbocycles. The molecule has 0 fully saturated rings. The van der Waals surface area contributed by atoms with Gasteiger partial charge >= 0.3 is 5.97 Å². The number of fused-ring (bicyclic) bond motifs is 1. The third-order valence-corrected chi connectivity index (χ3v) is 1.93. The minimum absolute atomic E-state index is 0. The van der Waals surface area contributed by atoms with Crippen LogP contribution in [0, 0.1) is 0 Å². The van der Waals surface area contributed by atoms with Gasteiger partial charge in [0.1, 0.15) is 0 Å². The first-order chi connectivity index (χ1) is 6.31. The molecule has 0 unspecified atom stereocenters. The molecule has 0 bridgehead atoms. The van der Waals surface area contributed by atoms with Crippen LogP contribution in [0.15, 0.2) is 6.20 Å². The number of aromatic nitrogens is 2. The van der Waals surface area contributed by atoms with E-state index in [1.165, 1.54) is 7.11 Å². The summed E-state index contributed by atoms with van der Waals surface area (Å²) in [7, 11) is 1.32. The Kier molecular flexibility index (Phi) is 3.38. The third kappa shape index (κ3) is 1.83. The van der Waals surface area contributed by atoms with Crippen LogP contribution in [0.25, 0.3) is 0 Å². The fourth-order valence-corrected chi connectivity index (χ4v) is 1.25. The van der Waals surface area contributed by atoms with Crippen LogP contribution in [0.4, 0.5) is 0 Å². The summed E-state index contributed by atoms with van der Waals surface area (Å²) in [5, 5.41) is 3.12. The first-order valence-corrected chi connectivity index (χ1v) is 3.95. The third-order valence-electron chi connectivity index (χ3n) is 1.93. The van der Waals surface area contributed by atoms with Crippen molar-refractivity contribution < 1.29 is 9.53 Å². The SMILES string of the molecule is COC(=O)c1ncc2c(n1)CNC2.Cl. The maximum absolute atomic E-state index is 11.0. The van der Waals surface area contributed by atoms with E-state index in [0.29, 0.717) is 6.54 Å². The van der Waals surface area contributed by atoms with Gasteiger partial charge in [-0.05, 0) is 0 Å². The molecule has 1 aromatic heterocycles. The Bertz CT molecular complexity index is 356. The molecule has 0 aromatic carbocycles. The maximum atomic E-state index is 11.0. The minimum Gasteiger partial charge on any atom is -0.463 e. The van der Waals surface area contributed by atoms with Gasteiger partial charge in [-0.25, -0.2) is 14.8 Å². The predicted octanol–water partition coefficient (Wildman–Crippen LogP) is 0.288. The van der Waals surface area contributed by atoms with E-state index in [2.05, 4.69) is 20.0 Å². The van der Waals surface area contributed by atoms with Crippen molar-refractivity contribution >= 4 is 18.4 Å². The van der Waals surface area contributed by atoms with Crippen LogP contribution in [0.1, 0.15) is 21.9 Å². The van der Waals surface area contributed by atoms with Gasteiger partial charge in [0, 0.05) is 24.8 Å². The molecule has 0 atom stereocenters. The number of carbonyl (C=O) groups excluding carboxylic acids is 1. The van der Waals surface area contributed by atoms with Crippen LogP contribution in [-0.4, -0.2) is 23.0 Å². The number of nitrogens with one attached hydrogen (secondary N) is 1. The van der Waals surface area contributed by atoms with Crippen molar-refractivity contribution in [2.75, 3.05) is 7.11 Å². The van der Waals surface area contributed by atoms with Gasteiger partial charge in [0.25, 0.3) is 0 Å². The summed E-state index contributed by atoms with van der Waals surface area (Å²) in [6.45, 7) is 1.47. The summed E-state index contributed by atoms with van der Waals surface area (Å²) >= 11 is 0. The second-order valence-electron chi connectivity index (χ2n) is 2.76. The van der Waals surface area contributed by atoms with Crippen molar-refractivity contribution in [3.63, 3.8) is 0 Å². The van der Waals surface area contributed by atoms with E-state index in [9.17, 15) is 4.79 Å². The monoisotopic (exact) mass is 215 g/mol. The molecule has 2 heterocycles. The Morgan fingerprint density at radius 3 is 3.07 bits per heavy atom. The highest BCUT2D eigenvalue weighted by atomic mass is 35.5. The Labute approximate surface area is 87.3 Å². The number of hydrogen-bond donors (Lipinski definition) is 1. The predicted molar refractivity (Wildman–Crippen MR) is 51.2 cm³/mol. The summed E-state index contributed by atoms with van der Waals surface area (Å²) in [5.74, 6) is -0.361. The van der Waals surface area contributed by atoms with E-state index in [1.54, 1.807) is 6.20 Å². The average Bonchev–Trinajstić information content (AvgIpc) is 2.63. The molecule has 0 radical (unpaired) electrons. The summed E-state index contributed by atoms with van der Waals surface area (Å²) in [5.41, 5.74) is 1.93. The summed E-state index contributed by atoms with van der Waals surface area (Å²) < 4.78 is 4.51. The van der Waals surface area contributed by atoms with Crippen molar-refractivity contribution in [2.45, 2.75) is 13.1 Å². The molecule has 2 rings (SSSR count). The molecule has 0 spiro atoms. The number of esters is 1. The van der Waals surface area contributed by atoms with Crippen LogP contribution in [0.2, 0.25) is 0 Å². The number of nitrogens with zero attached hydrogens (tertiary/aromatic N) is 2. The van der Waals surface area contributed by atoms with E-state index < -0.39 is 5.97 Å². The number of methoxy groups -OCH3 is 1. The zero-order chi connectivity index (χ0) is 9.26. The van der Waals surface area contributed by atoms with Gasteiger partial charge in [-0.1, -0.05) is 0 Å². The molecule has 0 aliphatic carbocycles. The van der Waals surface area contributed by atoms with Crippen LogP contribution in [0.3, 0.4) is 0 Å². The van der Waals surface area contributed by atoms with Crippen molar-refractivity contribution in [1.82, 2.24) is 15.3 Å². The van der Waals surface area contributed by atoms with Gasteiger partial charge in [0.05, 0.1) is 12.8 Å². The second-order valence-corrected chi connectivity index (χ2v) is 2.76. The number of halogens is 1. The minimum atomic E-state index is -0.491. The van der Waals surface area contributed by atoms with Crippen LogP contribution in [0.5, 0.6) is 0 Å². The summed E-state index contributed by atoms with van der Waals surface area (Å²) in [6.07, 6.45) is 1.66. The van der Waals surface area contributed by atoms with Gasteiger partial charge in [0.2, 0.25) is 5.82 Å². The van der Waals surface area contributed by atoms with Crippen molar-refractivity contribution in [3.8, 4) is 0 Å². The standard InChI is InChI=1S/C8H9N3O2.ClH/c1-13-8(12)7-10-3-5-2-9-4-6(5)11-7;/h3,9H,2,4H2,1H3;1H. The van der Waals surface area contributed by atoms with Gasteiger partial charge in [-0.3, -0.25) is 0 Å². The van der Waals surface area contributed by atoms with Crippen molar-refractivity contribution in [3.05, 3.63) is 23.3 Å². The number of carbonyl (C=O) groups is 1. The van der Waals surface area contributed by atoms with Gasteiger partial charge in [0.15, 0.2) is 0 Å². The molecule has 0 saturated heterocycles. The topological polar surface area (TPSA) is 64.1 Å². The number of rotatable bonds is 1. The lowest BCUT2D eigenvalue weighted by Crippen LogP contribution is -2.09. The zero-order valence-electron chi connectivity index (χ0n) is 7.61. The lowest BCUT2D eigenvalue weighted by molar-refractivity contribution is 0.0586. The van der Waals surface area contributed by atoms with Gasteiger partial charge in [-0.2, -0.15) is 0 Å². The zero-order valence-corrected chi connectivity index (χ0v) is 8.43. The maximum Gasteiger partial charge on any atom is 0.376 e. The van der Waals surface area contributed by atoms with Crippen molar-refractivity contribution in [1.29, 1.82) is 0 Å². The fourth-order valence-electron chi connectivity index (χ4n) is 1.25.